The van der Waals surface area contributed by atoms with E-state index in [1.54, 1.807) is 17.0 Å². The lowest BCUT2D eigenvalue weighted by molar-refractivity contribution is -0.122. The molecule has 0 bridgehead atoms. The van der Waals surface area contributed by atoms with Crippen molar-refractivity contribution in [1.82, 2.24) is 14.5 Å². The summed E-state index contributed by atoms with van der Waals surface area (Å²) in [6.07, 6.45) is 10.5. The Hall–Kier alpha value is -1.52. The van der Waals surface area contributed by atoms with Crippen molar-refractivity contribution in [2.24, 2.45) is 0 Å². The standard InChI is InChI=1S/C14H23N3O2/c1-2-16-9-10-17(14(16)19)11-13(18)15-12-7-5-3-4-6-8-12/h9-10,12H,2-8,11H2,1H3,(H,15,18). The Balaban J connectivity index is 1.89. The molecule has 1 heterocycles. The van der Waals surface area contributed by atoms with E-state index in [4.69, 9.17) is 0 Å². The molecule has 0 atom stereocenters. The molecule has 106 valence electrons. The maximum atomic E-state index is 12.0. The van der Waals surface area contributed by atoms with Crippen LogP contribution in [0.4, 0.5) is 0 Å². The highest BCUT2D eigenvalue weighted by Crippen LogP contribution is 2.17. The molecule has 0 saturated heterocycles. The molecule has 1 fully saturated rings. The van der Waals surface area contributed by atoms with Gasteiger partial charge in [-0.15, -0.1) is 0 Å². The Morgan fingerprint density at radius 3 is 2.42 bits per heavy atom. The molecule has 1 aliphatic rings. The van der Waals surface area contributed by atoms with E-state index < -0.39 is 0 Å². The maximum Gasteiger partial charge on any atom is 0.328 e. The van der Waals surface area contributed by atoms with Crippen LogP contribution in [0.1, 0.15) is 45.4 Å². The van der Waals surface area contributed by atoms with Crippen LogP contribution in [0.25, 0.3) is 0 Å². The number of imidazole rings is 1. The van der Waals surface area contributed by atoms with Crippen LogP contribution in [0.3, 0.4) is 0 Å². The van der Waals surface area contributed by atoms with Gasteiger partial charge in [-0.05, 0) is 19.8 Å². The molecular weight excluding hydrogens is 242 g/mol. The number of amides is 1. The van der Waals surface area contributed by atoms with E-state index in [1.807, 2.05) is 6.92 Å². The molecule has 19 heavy (non-hydrogen) atoms. The van der Waals surface area contributed by atoms with Crippen LogP contribution in [0, 0.1) is 0 Å². The van der Waals surface area contributed by atoms with Gasteiger partial charge in [0.2, 0.25) is 5.91 Å². The number of rotatable bonds is 4. The topological polar surface area (TPSA) is 56.0 Å². The highest BCUT2D eigenvalue weighted by molar-refractivity contribution is 5.76. The van der Waals surface area contributed by atoms with Gasteiger partial charge in [-0.3, -0.25) is 13.9 Å². The lowest BCUT2D eigenvalue weighted by Crippen LogP contribution is -2.38. The van der Waals surface area contributed by atoms with Gasteiger partial charge in [0.15, 0.2) is 0 Å². The van der Waals surface area contributed by atoms with E-state index in [0.29, 0.717) is 12.6 Å². The molecule has 0 aromatic carbocycles. The predicted molar refractivity (Wildman–Crippen MR) is 74.0 cm³/mol. The molecule has 1 aromatic heterocycles. The van der Waals surface area contributed by atoms with E-state index >= 15 is 0 Å². The number of aromatic nitrogens is 2. The van der Waals surface area contributed by atoms with Gasteiger partial charge in [-0.1, -0.05) is 25.7 Å². The van der Waals surface area contributed by atoms with E-state index in [-0.39, 0.29) is 18.1 Å². The minimum absolute atomic E-state index is 0.0529. The number of nitrogens with one attached hydrogen (secondary N) is 1. The summed E-state index contributed by atoms with van der Waals surface area (Å²) in [5, 5.41) is 3.05. The molecule has 2 rings (SSSR count). The van der Waals surface area contributed by atoms with Crippen LogP contribution in [-0.2, 0) is 17.9 Å². The molecule has 5 nitrogen and oxygen atoms in total. The fourth-order valence-electron chi connectivity index (χ4n) is 2.67. The molecule has 1 saturated carbocycles. The molecule has 1 aromatic rings. The van der Waals surface area contributed by atoms with Crippen LogP contribution in [0.5, 0.6) is 0 Å². The highest BCUT2D eigenvalue weighted by atomic mass is 16.2. The quantitative estimate of drug-likeness (QED) is 0.839. The number of carbonyl (C=O) groups is 1. The van der Waals surface area contributed by atoms with Gasteiger partial charge in [0.05, 0.1) is 0 Å². The van der Waals surface area contributed by atoms with Crippen molar-refractivity contribution in [3.05, 3.63) is 22.9 Å². The average molecular weight is 265 g/mol. The lowest BCUT2D eigenvalue weighted by atomic mass is 10.1. The Bertz CT molecular complexity index is 467. The number of carbonyl (C=O) groups excluding carboxylic acids is 1. The Morgan fingerprint density at radius 2 is 1.84 bits per heavy atom. The largest absolute Gasteiger partial charge is 0.352 e. The Morgan fingerprint density at radius 1 is 1.21 bits per heavy atom. The second kappa shape index (κ2) is 6.59. The summed E-state index contributed by atoms with van der Waals surface area (Å²) >= 11 is 0. The summed E-state index contributed by atoms with van der Waals surface area (Å²) in [4.78, 5) is 23.8. The smallest absolute Gasteiger partial charge is 0.328 e. The molecule has 0 aliphatic heterocycles. The highest BCUT2D eigenvalue weighted by Gasteiger charge is 2.15. The first kappa shape index (κ1) is 13.9. The molecule has 1 amide bonds. The Kier molecular flexibility index (Phi) is 4.82. The maximum absolute atomic E-state index is 12.0. The first-order valence-electron chi connectivity index (χ1n) is 7.25. The van der Waals surface area contributed by atoms with E-state index in [2.05, 4.69) is 5.32 Å². The van der Waals surface area contributed by atoms with E-state index in [1.165, 1.54) is 30.3 Å². The first-order chi connectivity index (χ1) is 9.20. The number of aryl methyl sites for hydroxylation is 1. The monoisotopic (exact) mass is 265 g/mol. The fourth-order valence-corrected chi connectivity index (χ4v) is 2.67. The van der Waals surface area contributed by atoms with Gasteiger partial charge in [0.1, 0.15) is 6.54 Å². The first-order valence-corrected chi connectivity index (χ1v) is 7.25. The second-order valence-electron chi connectivity index (χ2n) is 5.25. The van der Waals surface area contributed by atoms with Crippen molar-refractivity contribution in [3.63, 3.8) is 0 Å². The van der Waals surface area contributed by atoms with Gasteiger partial charge in [-0.25, -0.2) is 4.79 Å². The molecule has 1 N–H and O–H groups in total. The van der Waals surface area contributed by atoms with Crippen LogP contribution < -0.4 is 11.0 Å². The zero-order valence-electron chi connectivity index (χ0n) is 11.6. The summed E-state index contributed by atoms with van der Waals surface area (Å²) in [7, 11) is 0. The normalized spacial score (nSPS) is 17.1. The third-order valence-corrected chi connectivity index (χ3v) is 3.79. The minimum Gasteiger partial charge on any atom is -0.352 e. The average Bonchev–Trinajstić information content (AvgIpc) is 2.61. The van der Waals surface area contributed by atoms with Crippen molar-refractivity contribution in [2.45, 2.75) is 64.6 Å². The number of hydrogen-bond donors (Lipinski definition) is 1. The molecule has 0 spiro atoms. The minimum atomic E-state index is -0.112. The van der Waals surface area contributed by atoms with Crippen molar-refractivity contribution in [3.8, 4) is 0 Å². The summed E-state index contributed by atoms with van der Waals surface area (Å²) in [6, 6.07) is 0.291. The van der Waals surface area contributed by atoms with Crippen LogP contribution >= 0.6 is 0 Å². The zero-order chi connectivity index (χ0) is 13.7. The third kappa shape index (κ3) is 3.72. The van der Waals surface area contributed by atoms with E-state index in [9.17, 15) is 9.59 Å². The van der Waals surface area contributed by atoms with Crippen LogP contribution in [-0.4, -0.2) is 21.1 Å². The zero-order valence-corrected chi connectivity index (χ0v) is 11.6. The van der Waals surface area contributed by atoms with Gasteiger partial charge < -0.3 is 5.32 Å². The van der Waals surface area contributed by atoms with Gasteiger partial charge in [-0.2, -0.15) is 0 Å². The third-order valence-electron chi connectivity index (χ3n) is 3.79. The van der Waals surface area contributed by atoms with E-state index in [0.717, 1.165) is 12.8 Å². The predicted octanol–water partition coefficient (Wildman–Crippen LogP) is 1.51. The molecule has 5 heteroatoms. The molecular formula is C14H23N3O2. The molecule has 0 radical (unpaired) electrons. The molecule has 0 unspecified atom stereocenters. The van der Waals surface area contributed by atoms with Gasteiger partial charge in [0, 0.05) is 25.0 Å². The summed E-state index contributed by atoms with van der Waals surface area (Å²) in [5.41, 5.74) is -0.112. The van der Waals surface area contributed by atoms with Crippen molar-refractivity contribution >= 4 is 5.91 Å². The number of hydrogen-bond acceptors (Lipinski definition) is 2. The van der Waals surface area contributed by atoms with Crippen molar-refractivity contribution < 1.29 is 4.79 Å². The lowest BCUT2D eigenvalue weighted by Gasteiger charge is -2.16. The van der Waals surface area contributed by atoms with Crippen LogP contribution in [0.2, 0.25) is 0 Å². The number of nitrogens with zero attached hydrogens (tertiary/aromatic N) is 2. The van der Waals surface area contributed by atoms with Gasteiger partial charge in [0.25, 0.3) is 0 Å². The van der Waals surface area contributed by atoms with Crippen LogP contribution in [0.15, 0.2) is 17.2 Å². The van der Waals surface area contributed by atoms with Crippen molar-refractivity contribution in [1.29, 1.82) is 0 Å². The fraction of sp³-hybridized carbons (Fsp3) is 0.714. The summed E-state index contributed by atoms with van der Waals surface area (Å²) < 4.78 is 3.06. The Labute approximate surface area is 113 Å². The van der Waals surface area contributed by atoms with Crippen molar-refractivity contribution in [2.75, 3.05) is 0 Å². The molecule has 1 aliphatic carbocycles. The summed E-state index contributed by atoms with van der Waals surface area (Å²) in [5.74, 6) is -0.0529. The van der Waals surface area contributed by atoms with Gasteiger partial charge >= 0.3 is 5.69 Å². The second-order valence-corrected chi connectivity index (χ2v) is 5.25. The SMILES string of the molecule is CCn1ccn(CC(=O)NC2CCCCCC2)c1=O. The summed E-state index contributed by atoms with van der Waals surface area (Å²) in [6.45, 7) is 2.68.